The van der Waals surface area contributed by atoms with Crippen molar-refractivity contribution in [2.45, 2.75) is 13.0 Å². The van der Waals surface area contributed by atoms with Crippen molar-refractivity contribution in [2.24, 2.45) is 5.73 Å². The van der Waals surface area contributed by atoms with E-state index in [9.17, 15) is 14.4 Å². The zero-order valence-corrected chi connectivity index (χ0v) is 14.2. The van der Waals surface area contributed by atoms with Gasteiger partial charge in [-0.25, -0.2) is 4.98 Å². The van der Waals surface area contributed by atoms with E-state index < -0.39 is 17.9 Å². The Kier molecular flexibility index (Phi) is 3.76. The van der Waals surface area contributed by atoms with Crippen molar-refractivity contribution in [1.29, 1.82) is 0 Å². The summed E-state index contributed by atoms with van der Waals surface area (Å²) in [5, 5.41) is 5.42. The Bertz CT molecular complexity index is 1100. The van der Waals surface area contributed by atoms with Crippen LogP contribution in [0.4, 0.5) is 11.4 Å². The Balaban J connectivity index is 1.61. The number of para-hydroxylation sites is 1. The molecule has 0 saturated heterocycles. The van der Waals surface area contributed by atoms with Crippen LogP contribution in [0.3, 0.4) is 0 Å². The number of nitrogens with two attached hydrogens (primary N) is 1. The summed E-state index contributed by atoms with van der Waals surface area (Å²) in [6, 6.07) is 9.78. The Hall–Kier alpha value is -3.88. The first kappa shape index (κ1) is 16.6. The molecule has 0 radical (unpaired) electrons. The van der Waals surface area contributed by atoms with Crippen molar-refractivity contribution in [3.05, 3.63) is 47.8 Å². The number of benzene rings is 2. The van der Waals surface area contributed by atoms with Gasteiger partial charge in [0, 0.05) is 11.8 Å². The number of H-pyrrole nitrogens is 1. The van der Waals surface area contributed by atoms with Gasteiger partial charge in [0.1, 0.15) is 11.3 Å². The van der Waals surface area contributed by atoms with Crippen molar-refractivity contribution >= 4 is 40.1 Å². The first-order valence-electron chi connectivity index (χ1n) is 8.14. The maximum absolute atomic E-state index is 12.5. The monoisotopic (exact) mass is 365 g/mol. The minimum Gasteiger partial charge on any atom is -0.479 e. The predicted molar refractivity (Wildman–Crippen MR) is 97.7 cm³/mol. The highest BCUT2D eigenvalue weighted by Gasteiger charge is 2.24. The van der Waals surface area contributed by atoms with E-state index in [1.807, 2.05) is 0 Å². The quantitative estimate of drug-likeness (QED) is 0.559. The van der Waals surface area contributed by atoms with Gasteiger partial charge >= 0.3 is 0 Å². The molecule has 0 unspecified atom stereocenters. The molecule has 1 aliphatic heterocycles. The van der Waals surface area contributed by atoms with E-state index in [0.717, 1.165) is 0 Å². The average Bonchev–Trinajstić information content (AvgIpc) is 3.07. The van der Waals surface area contributed by atoms with E-state index in [1.54, 1.807) is 43.3 Å². The number of anilines is 2. The van der Waals surface area contributed by atoms with E-state index in [-0.39, 0.29) is 17.3 Å². The van der Waals surface area contributed by atoms with Crippen molar-refractivity contribution < 1.29 is 19.1 Å². The number of primary amides is 1. The van der Waals surface area contributed by atoms with Gasteiger partial charge in [-0.2, -0.15) is 0 Å². The Morgan fingerprint density at radius 3 is 2.85 bits per heavy atom. The molecule has 2 heterocycles. The summed E-state index contributed by atoms with van der Waals surface area (Å²) >= 11 is 0. The number of rotatable bonds is 3. The summed E-state index contributed by atoms with van der Waals surface area (Å²) in [4.78, 5) is 42.7. The maximum atomic E-state index is 12.5. The number of nitrogens with zero attached hydrogens (tertiary/aromatic N) is 1. The summed E-state index contributed by atoms with van der Waals surface area (Å²) in [6.45, 7) is 1.63. The number of carbonyl (C=O) groups excluding carboxylic acids is 3. The highest BCUT2D eigenvalue weighted by Crippen LogP contribution is 2.32. The zero-order valence-electron chi connectivity index (χ0n) is 14.2. The van der Waals surface area contributed by atoms with Crippen LogP contribution in [0.2, 0.25) is 0 Å². The second-order valence-electron chi connectivity index (χ2n) is 6.07. The van der Waals surface area contributed by atoms with Crippen LogP contribution in [0.5, 0.6) is 5.75 Å². The normalized spacial score (nSPS) is 15.6. The van der Waals surface area contributed by atoms with Crippen molar-refractivity contribution in [2.75, 3.05) is 10.6 Å². The number of fused-ring (bicyclic) bond motifs is 2. The summed E-state index contributed by atoms with van der Waals surface area (Å²) in [5.74, 6) is -0.845. The molecule has 3 amide bonds. The highest BCUT2D eigenvalue weighted by atomic mass is 16.5. The van der Waals surface area contributed by atoms with E-state index in [1.165, 1.54) is 0 Å². The number of carbonyl (C=O) groups is 3. The van der Waals surface area contributed by atoms with Crippen LogP contribution < -0.4 is 21.1 Å². The molecular weight excluding hydrogens is 350 g/mol. The largest absolute Gasteiger partial charge is 0.479 e. The summed E-state index contributed by atoms with van der Waals surface area (Å²) in [5.41, 5.74) is 7.44. The number of amides is 3. The van der Waals surface area contributed by atoms with E-state index in [4.69, 9.17) is 10.5 Å². The molecule has 0 aliphatic carbocycles. The molecule has 27 heavy (non-hydrogen) atoms. The van der Waals surface area contributed by atoms with Crippen LogP contribution in [0.1, 0.15) is 27.9 Å². The lowest BCUT2D eigenvalue weighted by Gasteiger charge is -2.23. The minimum absolute atomic E-state index is 0.0407. The van der Waals surface area contributed by atoms with Crippen molar-refractivity contribution in [1.82, 2.24) is 9.97 Å². The second-order valence-corrected chi connectivity index (χ2v) is 6.07. The number of nitrogens with one attached hydrogen (secondary N) is 3. The first-order chi connectivity index (χ1) is 12.9. The lowest BCUT2D eigenvalue weighted by Crippen LogP contribution is -2.34. The molecule has 9 heteroatoms. The third-order valence-electron chi connectivity index (χ3n) is 4.16. The molecule has 0 bridgehead atoms. The number of aromatic amines is 1. The fourth-order valence-corrected chi connectivity index (χ4v) is 2.81. The van der Waals surface area contributed by atoms with Gasteiger partial charge in [-0.1, -0.05) is 6.07 Å². The molecule has 2 aromatic carbocycles. The molecule has 1 aromatic heterocycles. The molecule has 3 aromatic rings. The average molecular weight is 365 g/mol. The molecule has 5 N–H and O–H groups in total. The minimum atomic E-state index is -0.623. The Morgan fingerprint density at radius 1 is 1.26 bits per heavy atom. The fraction of sp³-hybridized carbons (Fsp3) is 0.111. The predicted octanol–water partition coefficient (Wildman–Crippen LogP) is 1.63. The van der Waals surface area contributed by atoms with Gasteiger partial charge in [0.15, 0.2) is 11.9 Å². The topological polar surface area (TPSA) is 139 Å². The second kappa shape index (κ2) is 6.13. The van der Waals surface area contributed by atoms with Crippen LogP contribution in [0, 0.1) is 0 Å². The molecule has 0 saturated carbocycles. The van der Waals surface area contributed by atoms with Gasteiger partial charge in [-0.15, -0.1) is 0 Å². The zero-order chi connectivity index (χ0) is 19.1. The van der Waals surface area contributed by atoms with E-state index in [2.05, 4.69) is 20.6 Å². The maximum Gasteiger partial charge on any atom is 0.291 e. The van der Waals surface area contributed by atoms with Gasteiger partial charge < -0.3 is 26.1 Å². The summed E-state index contributed by atoms with van der Waals surface area (Å²) in [7, 11) is 0. The number of hydrogen-bond donors (Lipinski definition) is 4. The third kappa shape index (κ3) is 2.95. The summed E-state index contributed by atoms with van der Waals surface area (Å²) < 4.78 is 5.52. The van der Waals surface area contributed by atoms with Crippen LogP contribution in [-0.2, 0) is 4.79 Å². The van der Waals surface area contributed by atoms with Crippen LogP contribution in [0.25, 0.3) is 11.0 Å². The Morgan fingerprint density at radius 2 is 2.07 bits per heavy atom. The van der Waals surface area contributed by atoms with Gasteiger partial charge in [0.2, 0.25) is 0 Å². The Labute approximate surface area is 152 Å². The number of aromatic nitrogens is 2. The van der Waals surface area contributed by atoms with E-state index >= 15 is 0 Å². The lowest BCUT2D eigenvalue weighted by atomic mass is 10.2. The third-order valence-corrected chi connectivity index (χ3v) is 4.16. The van der Waals surface area contributed by atoms with Gasteiger partial charge in [-0.05, 0) is 31.2 Å². The van der Waals surface area contributed by atoms with Crippen LogP contribution >= 0.6 is 0 Å². The van der Waals surface area contributed by atoms with E-state index in [0.29, 0.717) is 28.2 Å². The first-order valence-corrected chi connectivity index (χ1v) is 8.14. The van der Waals surface area contributed by atoms with Gasteiger partial charge in [0.05, 0.1) is 16.8 Å². The molecule has 0 spiro atoms. The van der Waals surface area contributed by atoms with Crippen LogP contribution in [-0.4, -0.2) is 33.8 Å². The number of hydrogen-bond acceptors (Lipinski definition) is 5. The van der Waals surface area contributed by atoms with Gasteiger partial charge in [-0.3, -0.25) is 14.4 Å². The molecular formula is C18H15N5O4. The molecule has 1 atom stereocenters. The molecule has 136 valence electrons. The number of imidazole rings is 1. The molecule has 4 rings (SSSR count). The van der Waals surface area contributed by atoms with Gasteiger partial charge in [0.25, 0.3) is 17.7 Å². The number of ether oxygens (including phenoxy) is 1. The summed E-state index contributed by atoms with van der Waals surface area (Å²) in [6.07, 6.45) is -0.619. The van der Waals surface area contributed by atoms with Crippen molar-refractivity contribution in [3.8, 4) is 5.75 Å². The standard InChI is InChI=1S/C18H15N5O4/c1-8-17(25)22-11-6-5-9(7-13(11)27-8)20-18(26)16-21-12-4-2-3-10(15(19)24)14(12)23-16/h2-8H,1H3,(H2,19,24)(H,20,26)(H,21,23)(H,22,25)/t8-/m1/s1. The molecule has 0 fully saturated rings. The SMILES string of the molecule is C[C@H]1Oc2cc(NC(=O)c3nc4c(C(N)=O)cccc4[nH]3)ccc2NC1=O. The molecule has 9 nitrogen and oxygen atoms in total. The smallest absolute Gasteiger partial charge is 0.291 e. The fourth-order valence-electron chi connectivity index (χ4n) is 2.81. The highest BCUT2D eigenvalue weighted by molar-refractivity contribution is 6.08. The lowest BCUT2D eigenvalue weighted by molar-refractivity contribution is -0.122. The molecule has 1 aliphatic rings. The van der Waals surface area contributed by atoms with Crippen molar-refractivity contribution in [3.63, 3.8) is 0 Å². The van der Waals surface area contributed by atoms with Crippen LogP contribution in [0.15, 0.2) is 36.4 Å².